The minimum atomic E-state index is -0.186. The van der Waals surface area contributed by atoms with Crippen LogP contribution in [0, 0.1) is 11.8 Å². The third-order valence-corrected chi connectivity index (χ3v) is 5.32. The van der Waals surface area contributed by atoms with Gasteiger partial charge < -0.3 is 15.2 Å². The highest BCUT2D eigenvalue weighted by Gasteiger charge is 2.37. The van der Waals surface area contributed by atoms with E-state index in [0.717, 1.165) is 31.4 Å². The van der Waals surface area contributed by atoms with Crippen molar-refractivity contribution in [2.24, 2.45) is 11.8 Å². The van der Waals surface area contributed by atoms with Crippen LogP contribution in [0.1, 0.15) is 24.0 Å². The molecule has 0 radical (unpaired) electrons. The first kappa shape index (κ1) is 16.1. The Morgan fingerprint density at radius 3 is 2.72 bits per heavy atom. The maximum absolute atomic E-state index is 12.1. The molecule has 2 N–H and O–H groups in total. The van der Waals surface area contributed by atoms with Crippen LogP contribution in [0.5, 0.6) is 5.75 Å². The molecule has 2 aliphatic rings. The van der Waals surface area contributed by atoms with Crippen molar-refractivity contribution in [2.45, 2.75) is 31.8 Å². The number of nitrogens with zero attached hydrogens (tertiary/aromatic N) is 1. The van der Waals surface area contributed by atoms with Crippen LogP contribution in [0.3, 0.4) is 0 Å². The van der Waals surface area contributed by atoms with E-state index >= 15 is 0 Å². The first-order valence-electron chi connectivity index (χ1n) is 8.80. The summed E-state index contributed by atoms with van der Waals surface area (Å²) in [5.41, 5.74) is 3.21. The molecule has 4 rings (SSSR count). The van der Waals surface area contributed by atoms with E-state index in [0.29, 0.717) is 17.5 Å². The summed E-state index contributed by atoms with van der Waals surface area (Å²) in [5.74, 6) is 1.71. The van der Waals surface area contributed by atoms with Gasteiger partial charge in [0, 0.05) is 18.1 Å². The molecule has 2 aliphatic carbocycles. The van der Waals surface area contributed by atoms with Crippen molar-refractivity contribution in [3.8, 4) is 5.75 Å². The van der Waals surface area contributed by atoms with Gasteiger partial charge in [-0.25, -0.2) is 0 Å². The van der Waals surface area contributed by atoms with Crippen LogP contribution in [-0.2, 0) is 17.6 Å². The molecule has 0 spiro atoms. The number of aliphatic hydroxyl groups excluding tert-OH is 1. The van der Waals surface area contributed by atoms with E-state index in [1.807, 2.05) is 12.1 Å². The summed E-state index contributed by atoms with van der Waals surface area (Å²) in [7, 11) is 0. The summed E-state index contributed by atoms with van der Waals surface area (Å²) in [6, 6.07) is 9.55. The molecule has 0 bridgehead atoms. The first-order chi connectivity index (χ1) is 12.2. The van der Waals surface area contributed by atoms with Gasteiger partial charge in [0.1, 0.15) is 5.75 Å². The molecule has 1 saturated carbocycles. The summed E-state index contributed by atoms with van der Waals surface area (Å²) in [6.07, 6.45) is 6.81. The Hall–Kier alpha value is -2.40. The van der Waals surface area contributed by atoms with Crippen LogP contribution >= 0.6 is 0 Å². The van der Waals surface area contributed by atoms with Gasteiger partial charge in [-0.1, -0.05) is 12.1 Å². The molecule has 5 nitrogen and oxygen atoms in total. The van der Waals surface area contributed by atoms with Gasteiger partial charge in [0.05, 0.1) is 6.10 Å². The fourth-order valence-electron chi connectivity index (χ4n) is 4.17. The second-order valence-electron chi connectivity index (χ2n) is 7.02. The molecule has 1 aromatic heterocycles. The van der Waals surface area contributed by atoms with E-state index in [-0.39, 0.29) is 18.6 Å². The molecule has 3 atom stereocenters. The van der Waals surface area contributed by atoms with Crippen LogP contribution in [0.4, 0.5) is 5.69 Å². The van der Waals surface area contributed by atoms with Crippen molar-refractivity contribution in [1.82, 2.24) is 4.98 Å². The van der Waals surface area contributed by atoms with Crippen molar-refractivity contribution in [2.75, 3.05) is 11.9 Å². The average Bonchev–Trinajstić information content (AvgIpc) is 2.97. The van der Waals surface area contributed by atoms with Crippen LogP contribution in [-0.4, -0.2) is 28.7 Å². The number of fused-ring (bicyclic) bond motifs is 2. The quantitative estimate of drug-likeness (QED) is 0.899. The molecular formula is C20H22N2O3. The second-order valence-corrected chi connectivity index (χ2v) is 7.02. The lowest BCUT2D eigenvalue weighted by Crippen LogP contribution is -2.23. The lowest BCUT2D eigenvalue weighted by atomic mass is 9.77. The molecule has 1 fully saturated rings. The molecule has 1 heterocycles. The molecule has 3 unspecified atom stereocenters. The number of aromatic nitrogens is 1. The molecule has 5 heteroatoms. The standard InChI is InChI=1S/C20H22N2O3/c23-17-9-14-8-13-2-1-3-19(18(13)11-15(14)10-17)25-12-20(24)22-16-4-6-21-7-5-16/h1-7,14-15,17,23H,8-12H2,(H,21,22,24). The zero-order valence-electron chi connectivity index (χ0n) is 14.0. The highest BCUT2D eigenvalue weighted by atomic mass is 16.5. The van der Waals surface area contributed by atoms with Crippen molar-refractivity contribution in [3.63, 3.8) is 0 Å². The van der Waals surface area contributed by atoms with Crippen molar-refractivity contribution < 1.29 is 14.6 Å². The lowest BCUT2D eigenvalue weighted by molar-refractivity contribution is -0.118. The third kappa shape index (κ3) is 3.51. The summed E-state index contributed by atoms with van der Waals surface area (Å²) < 4.78 is 5.82. The number of aliphatic hydroxyl groups is 1. The van der Waals surface area contributed by atoms with Gasteiger partial charge in [-0.05, 0) is 66.8 Å². The zero-order valence-corrected chi connectivity index (χ0v) is 14.0. The van der Waals surface area contributed by atoms with Gasteiger partial charge in [0.2, 0.25) is 0 Å². The number of hydrogen-bond donors (Lipinski definition) is 2. The van der Waals surface area contributed by atoms with Crippen LogP contribution in [0.25, 0.3) is 0 Å². The second kappa shape index (κ2) is 6.84. The molecule has 0 saturated heterocycles. The maximum Gasteiger partial charge on any atom is 0.262 e. The maximum atomic E-state index is 12.1. The average molecular weight is 338 g/mol. The number of carbonyl (C=O) groups excluding carboxylic acids is 1. The Morgan fingerprint density at radius 2 is 1.92 bits per heavy atom. The van der Waals surface area contributed by atoms with E-state index in [9.17, 15) is 9.90 Å². The topological polar surface area (TPSA) is 71.5 Å². The van der Waals surface area contributed by atoms with Gasteiger partial charge in [0.25, 0.3) is 5.91 Å². The molecule has 1 amide bonds. The molecular weight excluding hydrogens is 316 g/mol. The Balaban J connectivity index is 1.42. The molecule has 0 aliphatic heterocycles. The minimum Gasteiger partial charge on any atom is -0.483 e. The van der Waals surface area contributed by atoms with E-state index in [1.165, 1.54) is 11.1 Å². The van der Waals surface area contributed by atoms with E-state index in [2.05, 4.69) is 16.4 Å². The smallest absolute Gasteiger partial charge is 0.262 e. The van der Waals surface area contributed by atoms with Gasteiger partial charge in [-0.2, -0.15) is 0 Å². The molecule has 1 aromatic carbocycles. The SMILES string of the molecule is O=C(COc1cccc2c1CC1CC(O)CC1C2)Nc1ccncc1. The van der Waals surface area contributed by atoms with Crippen LogP contribution in [0.2, 0.25) is 0 Å². The van der Waals surface area contributed by atoms with Gasteiger partial charge in [0.15, 0.2) is 6.61 Å². The summed E-state index contributed by atoms with van der Waals surface area (Å²) >= 11 is 0. The number of ether oxygens (including phenoxy) is 1. The van der Waals surface area contributed by atoms with E-state index in [1.54, 1.807) is 24.5 Å². The highest BCUT2D eigenvalue weighted by molar-refractivity contribution is 5.91. The van der Waals surface area contributed by atoms with Crippen molar-refractivity contribution in [1.29, 1.82) is 0 Å². The summed E-state index contributed by atoms with van der Waals surface area (Å²) in [6.45, 7) is -0.0184. The monoisotopic (exact) mass is 338 g/mol. The lowest BCUT2D eigenvalue weighted by Gasteiger charge is -2.28. The number of hydrogen-bond acceptors (Lipinski definition) is 4. The Morgan fingerprint density at radius 1 is 1.16 bits per heavy atom. The van der Waals surface area contributed by atoms with Crippen molar-refractivity contribution in [3.05, 3.63) is 53.9 Å². The number of pyridine rings is 1. The van der Waals surface area contributed by atoms with Crippen LogP contribution in [0.15, 0.2) is 42.7 Å². The number of nitrogens with one attached hydrogen (secondary N) is 1. The fraction of sp³-hybridized carbons (Fsp3) is 0.400. The predicted octanol–water partition coefficient (Wildman–Crippen LogP) is 2.58. The van der Waals surface area contributed by atoms with E-state index in [4.69, 9.17) is 4.74 Å². The van der Waals surface area contributed by atoms with Crippen LogP contribution < -0.4 is 10.1 Å². The van der Waals surface area contributed by atoms with Gasteiger partial charge in [-0.3, -0.25) is 9.78 Å². The minimum absolute atomic E-state index is 0.0184. The highest BCUT2D eigenvalue weighted by Crippen LogP contribution is 2.43. The van der Waals surface area contributed by atoms with Gasteiger partial charge in [-0.15, -0.1) is 0 Å². The van der Waals surface area contributed by atoms with Crippen molar-refractivity contribution >= 4 is 11.6 Å². The first-order valence-corrected chi connectivity index (χ1v) is 8.80. The molecule has 25 heavy (non-hydrogen) atoms. The normalized spacial score (nSPS) is 24.3. The number of anilines is 1. The molecule has 2 aromatic rings. The Kier molecular flexibility index (Phi) is 4.40. The fourth-order valence-corrected chi connectivity index (χ4v) is 4.17. The number of rotatable bonds is 4. The zero-order chi connectivity index (χ0) is 17.2. The summed E-state index contributed by atoms with van der Waals surface area (Å²) in [5, 5.41) is 12.7. The third-order valence-electron chi connectivity index (χ3n) is 5.32. The number of benzene rings is 1. The number of amides is 1. The predicted molar refractivity (Wildman–Crippen MR) is 94.4 cm³/mol. The Labute approximate surface area is 147 Å². The van der Waals surface area contributed by atoms with Gasteiger partial charge >= 0.3 is 0 Å². The Bertz CT molecular complexity index is 763. The molecule has 130 valence electrons. The largest absolute Gasteiger partial charge is 0.483 e. The summed E-state index contributed by atoms with van der Waals surface area (Å²) in [4.78, 5) is 16.0. The van der Waals surface area contributed by atoms with E-state index < -0.39 is 0 Å². The number of carbonyl (C=O) groups is 1.